The lowest BCUT2D eigenvalue weighted by molar-refractivity contribution is 0.0696. The fraction of sp³-hybridized carbons (Fsp3) is 0.533. The molecule has 1 saturated heterocycles. The number of ether oxygens (including phenoxy) is 1. The van der Waals surface area contributed by atoms with Crippen molar-refractivity contribution in [3.63, 3.8) is 0 Å². The van der Waals surface area contributed by atoms with Crippen LogP contribution >= 0.6 is 0 Å². The van der Waals surface area contributed by atoms with Gasteiger partial charge in [0.2, 0.25) is 10.0 Å². The number of hydrogen-bond acceptors (Lipinski definition) is 5. The minimum atomic E-state index is -3.81. The van der Waals surface area contributed by atoms with Crippen LogP contribution in [-0.4, -0.2) is 44.8 Å². The molecule has 0 aromatic heterocycles. The van der Waals surface area contributed by atoms with Gasteiger partial charge in [-0.05, 0) is 43.9 Å². The van der Waals surface area contributed by atoms with Crippen LogP contribution in [0, 0.1) is 0 Å². The number of anilines is 1. The number of carboxylic acid groups (broad SMARTS) is 1. The average molecular weight is 340 g/mol. The van der Waals surface area contributed by atoms with Crippen molar-refractivity contribution < 1.29 is 23.1 Å². The van der Waals surface area contributed by atoms with Gasteiger partial charge in [-0.3, -0.25) is 0 Å². The molecule has 1 atom stereocenters. The Morgan fingerprint density at radius 3 is 2.70 bits per heavy atom. The normalized spacial score (nSPS) is 21.3. The molecule has 1 aromatic rings. The van der Waals surface area contributed by atoms with Crippen molar-refractivity contribution in [2.45, 2.75) is 42.7 Å². The molecule has 0 unspecified atom stereocenters. The first kappa shape index (κ1) is 16.2. The molecule has 8 heteroatoms. The number of aromatic carboxylic acids is 1. The molecule has 0 radical (unpaired) electrons. The third kappa shape index (κ3) is 4.01. The number of carbonyl (C=O) groups is 1. The van der Waals surface area contributed by atoms with E-state index >= 15 is 0 Å². The fourth-order valence-electron chi connectivity index (χ4n) is 2.53. The van der Waals surface area contributed by atoms with Crippen LogP contribution in [0.3, 0.4) is 0 Å². The average Bonchev–Trinajstić information content (AvgIpc) is 3.16. The molecule has 2 aliphatic rings. The Hall–Kier alpha value is -1.64. The van der Waals surface area contributed by atoms with E-state index in [1.54, 1.807) is 0 Å². The van der Waals surface area contributed by atoms with E-state index in [9.17, 15) is 13.2 Å². The van der Waals surface area contributed by atoms with Gasteiger partial charge in [0, 0.05) is 19.2 Å². The summed E-state index contributed by atoms with van der Waals surface area (Å²) in [5, 5.41) is 12.2. The van der Waals surface area contributed by atoms with Gasteiger partial charge in [-0.1, -0.05) is 0 Å². The summed E-state index contributed by atoms with van der Waals surface area (Å²) in [5.41, 5.74) is 0.390. The fourth-order valence-corrected chi connectivity index (χ4v) is 3.79. The van der Waals surface area contributed by atoms with Gasteiger partial charge in [0.05, 0.1) is 17.4 Å². The second-order valence-corrected chi connectivity index (χ2v) is 7.66. The monoisotopic (exact) mass is 340 g/mol. The molecular formula is C15H20N2O5S. The molecule has 126 valence electrons. The molecule has 0 amide bonds. The zero-order chi connectivity index (χ0) is 16.4. The highest BCUT2D eigenvalue weighted by atomic mass is 32.2. The summed E-state index contributed by atoms with van der Waals surface area (Å²) in [6.07, 6.45) is 3.61. The molecule has 0 spiro atoms. The van der Waals surface area contributed by atoms with Gasteiger partial charge in [-0.15, -0.1) is 0 Å². The molecule has 1 aromatic carbocycles. The molecule has 3 N–H and O–H groups in total. The molecule has 1 aliphatic carbocycles. The minimum absolute atomic E-state index is 0.0257. The van der Waals surface area contributed by atoms with Crippen molar-refractivity contribution in [2.24, 2.45) is 0 Å². The summed E-state index contributed by atoms with van der Waals surface area (Å²) >= 11 is 0. The van der Waals surface area contributed by atoms with Crippen LogP contribution in [-0.2, 0) is 14.8 Å². The first-order chi connectivity index (χ1) is 11.0. The van der Waals surface area contributed by atoms with Gasteiger partial charge in [0.15, 0.2) is 0 Å². The lowest BCUT2D eigenvalue weighted by Crippen LogP contribution is -2.32. The van der Waals surface area contributed by atoms with Crippen LogP contribution in [0.15, 0.2) is 23.1 Å². The molecule has 1 heterocycles. The van der Waals surface area contributed by atoms with Crippen LogP contribution in [0.1, 0.15) is 36.0 Å². The summed E-state index contributed by atoms with van der Waals surface area (Å²) in [6.45, 7) is 0.845. The number of sulfonamides is 1. The summed E-state index contributed by atoms with van der Waals surface area (Å²) < 4.78 is 33.1. The zero-order valence-electron chi connectivity index (χ0n) is 12.6. The van der Waals surface area contributed by atoms with Gasteiger partial charge >= 0.3 is 5.97 Å². The van der Waals surface area contributed by atoms with E-state index in [-0.39, 0.29) is 29.1 Å². The van der Waals surface area contributed by atoms with Gasteiger partial charge in [-0.2, -0.15) is 0 Å². The Kier molecular flexibility index (Phi) is 4.56. The van der Waals surface area contributed by atoms with E-state index in [0.717, 1.165) is 25.7 Å². The highest BCUT2D eigenvalue weighted by molar-refractivity contribution is 7.89. The molecule has 7 nitrogen and oxygen atoms in total. The Balaban J connectivity index is 1.83. The van der Waals surface area contributed by atoms with Crippen molar-refractivity contribution >= 4 is 21.7 Å². The van der Waals surface area contributed by atoms with E-state index < -0.39 is 16.0 Å². The Morgan fingerprint density at radius 1 is 1.30 bits per heavy atom. The Morgan fingerprint density at radius 2 is 2.09 bits per heavy atom. The number of carboxylic acids is 1. The van der Waals surface area contributed by atoms with E-state index in [2.05, 4.69) is 10.0 Å². The van der Waals surface area contributed by atoms with Gasteiger partial charge in [0.1, 0.15) is 4.90 Å². The van der Waals surface area contributed by atoms with Crippen LogP contribution in [0.5, 0.6) is 0 Å². The molecule has 2 fully saturated rings. The molecule has 1 saturated carbocycles. The molecule has 23 heavy (non-hydrogen) atoms. The van der Waals surface area contributed by atoms with Crippen LogP contribution in [0.4, 0.5) is 5.69 Å². The first-order valence-corrected chi connectivity index (χ1v) is 9.19. The topological polar surface area (TPSA) is 105 Å². The highest BCUT2D eigenvalue weighted by Crippen LogP contribution is 2.30. The molecule has 0 bridgehead atoms. The quantitative estimate of drug-likeness (QED) is 0.693. The van der Waals surface area contributed by atoms with E-state index in [1.807, 2.05) is 0 Å². The van der Waals surface area contributed by atoms with Crippen LogP contribution in [0.25, 0.3) is 0 Å². The predicted octanol–water partition coefficient (Wildman–Crippen LogP) is 1.42. The standard InChI is InChI=1S/C15H20N2O5S/c18-15(19)10-3-6-13(17-11-4-5-11)14(8-10)23(20,21)16-9-12-2-1-7-22-12/h3,6,8,11-12,16-17H,1-2,4-5,7,9H2,(H,18,19)/t12-/m1/s1. The third-order valence-corrected chi connectivity index (χ3v) is 5.44. The maximum absolute atomic E-state index is 12.6. The van der Waals surface area contributed by atoms with E-state index in [1.165, 1.54) is 18.2 Å². The number of hydrogen-bond donors (Lipinski definition) is 3. The second kappa shape index (κ2) is 6.46. The smallest absolute Gasteiger partial charge is 0.335 e. The van der Waals surface area contributed by atoms with Gasteiger partial charge in [-0.25, -0.2) is 17.9 Å². The maximum atomic E-state index is 12.6. The van der Waals surface area contributed by atoms with Crippen molar-refractivity contribution in [3.05, 3.63) is 23.8 Å². The highest BCUT2D eigenvalue weighted by Gasteiger charge is 2.27. The summed E-state index contributed by atoms with van der Waals surface area (Å²) in [5.74, 6) is -1.15. The van der Waals surface area contributed by atoms with Crippen LogP contribution < -0.4 is 10.0 Å². The number of rotatable bonds is 7. The Labute approximate surface area is 135 Å². The van der Waals surface area contributed by atoms with E-state index in [0.29, 0.717) is 12.3 Å². The largest absolute Gasteiger partial charge is 0.478 e. The summed E-state index contributed by atoms with van der Waals surface area (Å²) in [6, 6.07) is 4.39. The second-order valence-electron chi connectivity index (χ2n) is 5.92. The van der Waals surface area contributed by atoms with E-state index in [4.69, 9.17) is 9.84 Å². The predicted molar refractivity (Wildman–Crippen MR) is 84.2 cm³/mol. The summed E-state index contributed by atoms with van der Waals surface area (Å²) in [4.78, 5) is 11.1. The maximum Gasteiger partial charge on any atom is 0.335 e. The van der Waals surface area contributed by atoms with Crippen molar-refractivity contribution in [1.82, 2.24) is 4.72 Å². The van der Waals surface area contributed by atoms with Crippen molar-refractivity contribution in [2.75, 3.05) is 18.5 Å². The number of benzene rings is 1. The lowest BCUT2D eigenvalue weighted by Gasteiger charge is -2.15. The van der Waals surface area contributed by atoms with Gasteiger partial charge < -0.3 is 15.2 Å². The minimum Gasteiger partial charge on any atom is -0.478 e. The third-order valence-electron chi connectivity index (χ3n) is 3.98. The molecular weight excluding hydrogens is 320 g/mol. The molecule has 1 aliphatic heterocycles. The first-order valence-electron chi connectivity index (χ1n) is 7.71. The van der Waals surface area contributed by atoms with Gasteiger partial charge in [0.25, 0.3) is 0 Å². The van der Waals surface area contributed by atoms with Crippen molar-refractivity contribution in [1.29, 1.82) is 0 Å². The summed E-state index contributed by atoms with van der Waals surface area (Å²) in [7, 11) is -3.81. The van der Waals surface area contributed by atoms with Crippen molar-refractivity contribution in [3.8, 4) is 0 Å². The van der Waals surface area contributed by atoms with Crippen LogP contribution in [0.2, 0.25) is 0 Å². The molecule has 3 rings (SSSR count). The number of nitrogens with one attached hydrogen (secondary N) is 2. The zero-order valence-corrected chi connectivity index (χ0v) is 13.4. The SMILES string of the molecule is O=C(O)c1ccc(NC2CC2)c(S(=O)(=O)NC[C@H]2CCCO2)c1. The lowest BCUT2D eigenvalue weighted by atomic mass is 10.2. The Bertz CT molecular complexity index is 694.